The molecule has 0 heterocycles. The Balaban J connectivity index is 2.37. The third-order valence-electron chi connectivity index (χ3n) is 3.01. The lowest BCUT2D eigenvalue weighted by Crippen LogP contribution is -2.14. The van der Waals surface area contributed by atoms with Gasteiger partial charge in [0.15, 0.2) is 21.5 Å². The number of hydrogen-bond donors (Lipinski definition) is 1. The van der Waals surface area contributed by atoms with Crippen LogP contribution in [0.15, 0.2) is 35.2 Å². The van der Waals surface area contributed by atoms with E-state index in [0.29, 0.717) is 12.1 Å². The zero-order valence-corrected chi connectivity index (χ0v) is 13.7. The molecule has 24 heavy (non-hydrogen) atoms. The predicted octanol–water partition coefficient (Wildman–Crippen LogP) is 3.15. The normalized spacial score (nSPS) is 11.0. The van der Waals surface area contributed by atoms with E-state index >= 15 is 0 Å². The molecule has 124 valence electrons. The largest absolute Gasteiger partial charge is 0.322 e. The van der Waals surface area contributed by atoms with Crippen molar-refractivity contribution < 1.29 is 22.0 Å². The fourth-order valence-corrected chi connectivity index (χ4v) is 2.97. The molecule has 0 saturated heterocycles. The van der Waals surface area contributed by atoms with Crippen molar-refractivity contribution in [2.24, 2.45) is 0 Å². The van der Waals surface area contributed by atoms with Gasteiger partial charge in [-0.3, -0.25) is 4.79 Å². The van der Waals surface area contributed by atoms with E-state index in [-0.39, 0.29) is 26.7 Å². The number of halogens is 3. The third-order valence-corrected chi connectivity index (χ3v) is 4.48. The molecular weight excluding hydrogens is 362 g/mol. The molecule has 0 aliphatic carbocycles. The molecule has 1 N–H and O–H groups in total. The van der Waals surface area contributed by atoms with Crippen molar-refractivity contribution in [3.63, 3.8) is 0 Å². The molecule has 1 amide bonds. The molecule has 0 aromatic heterocycles. The van der Waals surface area contributed by atoms with E-state index in [1.807, 2.05) is 0 Å². The molecule has 2 aromatic rings. The smallest absolute Gasteiger partial charge is 0.257 e. The van der Waals surface area contributed by atoms with Crippen LogP contribution in [-0.2, 0) is 9.84 Å². The highest BCUT2D eigenvalue weighted by Gasteiger charge is 2.17. The van der Waals surface area contributed by atoms with Gasteiger partial charge in [0.25, 0.3) is 5.91 Å². The Morgan fingerprint density at radius 3 is 2.42 bits per heavy atom. The Morgan fingerprint density at radius 2 is 1.83 bits per heavy atom. The van der Waals surface area contributed by atoms with E-state index in [9.17, 15) is 22.0 Å². The number of nitriles is 1. The first-order valence-electron chi connectivity index (χ1n) is 6.33. The van der Waals surface area contributed by atoms with E-state index < -0.39 is 27.4 Å². The summed E-state index contributed by atoms with van der Waals surface area (Å²) in [4.78, 5) is 11.9. The number of amides is 1. The van der Waals surface area contributed by atoms with E-state index in [1.165, 1.54) is 6.07 Å². The highest BCUT2D eigenvalue weighted by Crippen LogP contribution is 2.23. The van der Waals surface area contributed by atoms with Gasteiger partial charge in [0, 0.05) is 11.9 Å². The van der Waals surface area contributed by atoms with Crippen molar-refractivity contribution in [2.75, 3.05) is 11.6 Å². The molecule has 0 radical (unpaired) electrons. The second-order valence-electron chi connectivity index (χ2n) is 4.80. The molecule has 5 nitrogen and oxygen atoms in total. The molecule has 0 fully saturated rings. The van der Waals surface area contributed by atoms with Gasteiger partial charge >= 0.3 is 0 Å². The van der Waals surface area contributed by atoms with Crippen molar-refractivity contribution in [3.05, 3.63) is 58.1 Å². The fourth-order valence-electron chi connectivity index (χ4n) is 1.91. The molecule has 0 saturated carbocycles. The summed E-state index contributed by atoms with van der Waals surface area (Å²) in [6, 6.07) is 6.61. The molecule has 0 bridgehead atoms. The summed E-state index contributed by atoms with van der Waals surface area (Å²) in [6.45, 7) is 0. The molecular formula is C15H9ClF2N2O3S. The van der Waals surface area contributed by atoms with Crippen LogP contribution in [0.4, 0.5) is 14.5 Å². The number of rotatable bonds is 3. The van der Waals surface area contributed by atoms with Crippen molar-refractivity contribution in [1.82, 2.24) is 0 Å². The highest BCUT2D eigenvalue weighted by molar-refractivity contribution is 7.90. The zero-order valence-electron chi connectivity index (χ0n) is 12.1. The first kappa shape index (κ1) is 17.8. The molecule has 0 spiro atoms. The Morgan fingerprint density at radius 1 is 1.21 bits per heavy atom. The van der Waals surface area contributed by atoms with Gasteiger partial charge in [-0.05, 0) is 30.3 Å². The number of nitrogens with zero attached hydrogens (tertiary/aromatic N) is 1. The van der Waals surface area contributed by atoms with Crippen LogP contribution < -0.4 is 5.32 Å². The Bertz CT molecular complexity index is 985. The van der Waals surface area contributed by atoms with Crippen LogP contribution in [0.25, 0.3) is 0 Å². The summed E-state index contributed by atoms with van der Waals surface area (Å²) in [5.41, 5.74) is -0.363. The van der Waals surface area contributed by atoms with Gasteiger partial charge < -0.3 is 5.32 Å². The van der Waals surface area contributed by atoms with Crippen molar-refractivity contribution in [3.8, 4) is 6.07 Å². The van der Waals surface area contributed by atoms with Gasteiger partial charge in [0.05, 0.1) is 21.0 Å². The highest BCUT2D eigenvalue weighted by atomic mass is 35.5. The first-order valence-corrected chi connectivity index (χ1v) is 8.60. The Hall–Kier alpha value is -2.50. The Kier molecular flexibility index (Phi) is 4.87. The van der Waals surface area contributed by atoms with Gasteiger partial charge in [-0.15, -0.1) is 0 Å². The van der Waals surface area contributed by atoms with Crippen LogP contribution in [0, 0.1) is 23.0 Å². The van der Waals surface area contributed by atoms with Gasteiger partial charge in [0.2, 0.25) is 0 Å². The average molecular weight is 371 g/mol. The van der Waals surface area contributed by atoms with Gasteiger partial charge in [-0.2, -0.15) is 5.26 Å². The molecule has 0 atom stereocenters. The predicted molar refractivity (Wildman–Crippen MR) is 83.6 cm³/mol. The van der Waals surface area contributed by atoms with Gasteiger partial charge in [-0.25, -0.2) is 17.2 Å². The summed E-state index contributed by atoms with van der Waals surface area (Å²) in [5, 5.41) is 11.1. The minimum Gasteiger partial charge on any atom is -0.322 e. The molecule has 0 aliphatic rings. The van der Waals surface area contributed by atoms with Crippen LogP contribution in [0.5, 0.6) is 0 Å². The number of benzene rings is 2. The first-order chi connectivity index (χ1) is 11.1. The summed E-state index contributed by atoms with van der Waals surface area (Å²) in [6.07, 6.45) is 0.947. The zero-order chi connectivity index (χ0) is 18.1. The monoisotopic (exact) mass is 370 g/mol. The minimum absolute atomic E-state index is 0.102. The number of carbonyl (C=O) groups excluding carboxylic acids is 1. The molecule has 0 unspecified atom stereocenters. The second-order valence-corrected chi connectivity index (χ2v) is 7.19. The third kappa shape index (κ3) is 3.69. The lowest BCUT2D eigenvalue weighted by Gasteiger charge is -2.09. The molecule has 2 aromatic carbocycles. The second kappa shape index (κ2) is 6.55. The van der Waals surface area contributed by atoms with E-state index in [4.69, 9.17) is 16.9 Å². The van der Waals surface area contributed by atoms with Crippen LogP contribution in [0.1, 0.15) is 15.9 Å². The topological polar surface area (TPSA) is 87.0 Å². The van der Waals surface area contributed by atoms with Crippen molar-refractivity contribution >= 4 is 33.0 Å². The summed E-state index contributed by atoms with van der Waals surface area (Å²) in [7, 11) is -3.61. The van der Waals surface area contributed by atoms with E-state index in [0.717, 1.165) is 18.4 Å². The number of hydrogen-bond acceptors (Lipinski definition) is 4. The van der Waals surface area contributed by atoms with E-state index in [2.05, 4.69) is 5.32 Å². The van der Waals surface area contributed by atoms with Crippen LogP contribution in [-0.4, -0.2) is 20.6 Å². The Labute approximate surface area is 141 Å². The summed E-state index contributed by atoms with van der Waals surface area (Å²) < 4.78 is 49.4. The van der Waals surface area contributed by atoms with Crippen molar-refractivity contribution in [1.29, 1.82) is 5.26 Å². The molecule has 9 heteroatoms. The quantitative estimate of drug-likeness (QED) is 0.841. The molecule has 0 aliphatic heterocycles. The van der Waals surface area contributed by atoms with Crippen LogP contribution in [0.2, 0.25) is 5.02 Å². The maximum atomic E-state index is 13.2. The standard InChI is InChI=1S/C15H9ClF2N2O3S/c1-24(22,23)14-3-2-9(4-8(14)7-19)20-15(21)10-5-12(17)13(18)6-11(10)16/h2-6H,1H3,(H,20,21). The summed E-state index contributed by atoms with van der Waals surface area (Å²) >= 11 is 5.71. The maximum absolute atomic E-state index is 13.2. The number of sulfone groups is 1. The van der Waals surface area contributed by atoms with Gasteiger partial charge in [-0.1, -0.05) is 11.6 Å². The minimum atomic E-state index is -3.61. The number of carbonyl (C=O) groups is 1. The fraction of sp³-hybridized carbons (Fsp3) is 0.0667. The van der Waals surface area contributed by atoms with E-state index in [1.54, 1.807) is 6.07 Å². The lowest BCUT2D eigenvalue weighted by molar-refractivity contribution is 0.102. The molecule has 2 rings (SSSR count). The van der Waals surface area contributed by atoms with Crippen LogP contribution in [0.3, 0.4) is 0 Å². The average Bonchev–Trinajstić information content (AvgIpc) is 2.49. The van der Waals surface area contributed by atoms with Crippen LogP contribution >= 0.6 is 11.6 Å². The number of anilines is 1. The summed E-state index contributed by atoms with van der Waals surface area (Å²) in [5.74, 6) is -3.27. The van der Waals surface area contributed by atoms with Crippen molar-refractivity contribution in [2.45, 2.75) is 4.90 Å². The van der Waals surface area contributed by atoms with Gasteiger partial charge in [0.1, 0.15) is 6.07 Å². The SMILES string of the molecule is CS(=O)(=O)c1ccc(NC(=O)c2cc(F)c(F)cc2Cl)cc1C#N. The lowest BCUT2D eigenvalue weighted by atomic mass is 10.1. The maximum Gasteiger partial charge on any atom is 0.257 e. The number of nitrogens with one attached hydrogen (secondary N) is 1.